The van der Waals surface area contributed by atoms with Gasteiger partial charge in [0.15, 0.2) is 12.3 Å². The van der Waals surface area contributed by atoms with Crippen molar-refractivity contribution in [2.24, 2.45) is 0 Å². The maximum absolute atomic E-state index is 12.7. The molecule has 8 nitrogen and oxygen atoms in total. The smallest absolute Gasteiger partial charge is 0.357 e. The van der Waals surface area contributed by atoms with Gasteiger partial charge >= 0.3 is 11.9 Å². The number of esters is 2. The minimum absolute atomic E-state index is 0.281. The van der Waals surface area contributed by atoms with Gasteiger partial charge < -0.3 is 14.8 Å². The van der Waals surface area contributed by atoms with Crippen LogP contribution in [0.5, 0.6) is 0 Å². The van der Waals surface area contributed by atoms with E-state index in [1.165, 1.54) is 19.2 Å². The maximum Gasteiger partial charge on any atom is 0.357 e. The van der Waals surface area contributed by atoms with Gasteiger partial charge in [0.25, 0.3) is 5.91 Å². The van der Waals surface area contributed by atoms with E-state index in [0.29, 0.717) is 17.2 Å². The van der Waals surface area contributed by atoms with Gasteiger partial charge in [0.2, 0.25) is 0 Å². The van der Waals surface area contributed by atoms with Gasteiger partial charge in [0.05, 0.1) is 24.1 Å². The number of anilines is 1. The second-order valence-corrected chi connectivity index (χ2v) is 7.17. The van der Waals surface area contributed by atoms with E-state index in [9.17, 15) is 14.4 Å². The van der Waals surface area contributed by atoms with E-state index in [1.54, 1.807) is 22.9 Å². The molecule has 1 amide bonds. The molecule has 2 aromatic carbocycles. The molecular formula is C23H21N3O5. The highest BCUT2D eigenvalue weighted by atomic mass is 16.5. The monoisotopic (exact) mass is 419 g/mol. The lowest BCUT2D eigenvalue weighted by Gasteiger charge is -2.09. The Balaban J connectivity index is 1.40. The average molecular weight is 419 g/mol. The quantitative estimate of drug-likeness (QED) is 0.590. The summed E-state index contributed by atoms with van der Waals surface area (Å²) in [5.41, 5.74) is 2.72. The van der Waals surface area contributed by atoms with Crippen molar-refractivity contribution in [2.45, 2.75) is 18.8 Å². The predicted octanol–water partition coefficient (Wildman–Crippen LogP) is 3.33. The molecular weight excluding hydrogens is 398 g/mol. The molecule has 1 N–H and O–H groups in total. The number of rotatable bonds is 7. The molecule has 0 radical (unpaired) electrons. The van der Waals surface area contributed by atoms with E-state index in [2.05, 4.69) is 15.2 Å². The number of para-hydroxylation sites is 1. The van der Waals surface area contributed by atoms with Crippen molar-refractivity contribution in [2.75, 3.05) is 19.0 Å². The van der Waals surface area contributed by atoms with Crippen LogP contribution in [-0.4, -0.2) is 41.3 Å². The molecule has 1 aromatic heterocycles. The average Bonchev–Trinajstić information content (AvgIpc) is 3.56. The minimum atomic E-state index is -0.626. The van der Waals surface area contributed by atoms with Crippen LogP contribution in [0.15, 0.2) is 60.7 Å². The molecule has 1 saturated carbocycles. The van der Waals surface area contributed by atoms with Crippen molar-refractivity contribution in [1.82, 2.24) is 9.78 Å². The van der Waals surface area contributed by atoms with Gasteiger partial charge in [0.1, 0.15) is 0 Å². The Morgan fingerprint density at radius 1 is 1.03 bits per heavy atom. The number of nitrogens with zero attached hydrogens (tertiary/aromatic N) is 2. The molecule has 0 saturated heterocycles. The molecule has 8 heteroatoms. The van der Waals surface area contributed by atoms with Gasteiger partial charge in [-0.05, 0) is 55.3 Å². The minimum Gasteiger partial charge on any atom is -0.465 e. The van der Waals surface area contributed by atoms with E-state index in [-0.39, 0.29) is 5.69 Å². The first kappa shape index (κ1) is 20.3. The Hall–Kier alpha value is -3.94. The van der Waals surface area contributed by atoms with Crippen molar-refractivity contribution in [1.29, 1.82) is 0 Å². The fourth-order valence-corrected chi connectivity index (χ4v) is 3.10. The summed E-state index contributed by atoms with van der Waals surface area (Å²) in [5, 5.41) is 7.19. The van der Waals surface area contributed by atoms with Gasteiger partial charge in [0, 0.05) is 11.6 Å². The lowest BCUT2D eigenvalue weighted by molar-refractivity contribution is -0.119. The van der Waals surface area contributed by atoms with Crippen LogP contribution in [-0.2, 0) is 14.3 Å². The fraction of sp³-hybridized carbons (Fsp3) is 0.217. The zero-order valence-electron chi connectivity index (χ0n) is 16.9. The van der Waals surface area contributed by atoms with Crippen LogP contribution < -0.4 is 5.32 Å². The maximum atomic E-state index is 12.7. The first-order chi connectivity index (χ1) is 15.0. The summed E-state index contributed by atoms with van der Waals surface area (Å²) in [6, 6.07) is 17.2. The summed E-state index contributed by atoms with van der Waals surface area (Å²) in [5.74, 6) is -1.22. The summed E-state index contributed by atoms with van der Waals surface area (Å²) in [4.78, 5) is 36.4. The molecule has 1 heterocycles. The third-order valence-electron chi connectivity index (χ3n) is 4.86. The lowest BCUT2D eigenvalue weighted by atomic mass is 10.2. The number of ether oxygens (including phenoxy) is 2. The molecule has 1 fully saturated rings. The third-order valence-corrected chi connectivity index (χ3v) is 4.86. The molecule has 0 bridgehead atoms. The summed E-state index contributed by atoms with van der Waals surface area (Å²) in [6.45, 7) is -0.448. The van der Waals surface area contributed by atoms with Crippen LogP contribution in [0.3, 0.4) is 0 Å². The van der Waals surface area contributed by atoms with Crippen LogP contribution in [0.4, 0.5) is 5.69 Å². The van der Waals surface area contributed by atoms with Gasteiger partial charge in [-0.3, -0.25) is 4.79 Å². The lowest BCUT2D eigenvalue weighted by Crippen LogP contribution is -2.22. The normalized spacial score (nSPS) is 12.8. The predicted molar refractivity (Wildman–Crippen MR) is 112 cm³/mol. The molecule has 1 aliphatic rings. The summed E-state index contributed by atoms with van der Waals surface area (Å²) in [6.07, 6.45) is 2.11. The molecule has 4 rings (SSSR count). The zero-order chi connectivity index (χ0) is 21.8. The van der Waals surface area contributed by atoms with Crippen molar-refractivity contribution in [3.05, 3.63) is 77.6 Å². The van der Waals surface area contributed by atoms with Crippen LogP contribution >= 0.6 is 0 Å². The molecule has 0 aliphatic heterocycles. The zero-order valence-corrected chi connectivity index (χ0v) is 16.9. The highest BCUT2D eigenvalue weighted by molar-refractivity contribution is 5.96. The van der Waals surface area contributed by atoms with Gasteiger partial charge in [-0.15, -0.1) is 0 Å². The molecule has 0 atom stereocenters. The Labute approximate surface area is 178 Å². The highest BCUT2D eigenvalue weighted by Crippen LogP contribution is 2.39. The molecule has 158 valence electrons. The Morgan fingerprint density at radius 3 is 2.39 bits per heavy atom. The Morgan fingerprint density at radius 2 is 1.74 bits per heavy atom. The van der Waals surface area contributed by atoms with E-state index >= 15 is 0 Å². The van der Waals surface area contributed by atoms with E-state index in [1.807, 2.05) is 30.3 Å². The van der Waals surface area contributed by atoms with Crippen molar-refractivity contribution >= 4 is 23.5 Å². The number of hydrogen-bond acceptors (Lipinski definition) is 6. The first-order valence-corrected chi connectivity index (χ1v) is 9.86. The third kappa shape index (κ3) is 4.80. The Kier molecular flexibility index (Phi) is 5.79. The number of carbonyl (C=O) groups excluding carboxylic acids is 3. The van der Waals surface area contributed by atoms with Gasteiger partial charge in [-0.1, -0.05) is 18.2 Å². The van der Waals surface area contributed by atoms with Gasteiger partial charge in [-0.2, -0.15) is 5.10 Å². The number of amides is 1. The standard InChI is InChI=1S/C23H21N3O5/c1-30-22(28)16-9-11-17(12-10-16)24-21(27)14-31-23(29)20-13-19(15-7-8-15)25-26(20)18-5-3-2-4-6-18/h2-6,9-13,15H,7-8,14H2,1H3,(H,24,27). The van der Waals surface area contributed by atoms with Gasteiger partial charge in [-0.25, -0.2) is 14.3 Å². The van der Waals surface area contributed by atoms with Crippen LogP contribution in [0.2, 0.25) is 0 Å². The molecule has 3 aromatic rings. The second kappa shape index (κ2) is 8.83. The molecule has 0 spiro atoms. The number of methoxy groups -OCH3 is 1. The van der Waals surface area contributed by atoms with Crippen molar-refractivity contribution in [3.8, 4) is 5.69 Å². The summed E-state index contributed by atoms with van der Waals surface area (Å²) < 4.78 is 11.4. The van der Waals surface area contributed by atoms with Crippen LogP contribution in [0, 0.1) is 0 Å². The molecule has 31 heavy (non-hydrogen) atoms. The number of nitrogens with one attached hydrogen (secondary N) is 1. The molecule has 1 aliphatic carbocycles. The van der Waals surface area contributed by atoms with E-state index in [4.69, 9.17) is 4.74 Å². The Bertz CT molecular complexity index is 1100. The summed E-state index contributed by atoms with van der Waals surface area (Å²) >= 11 is 0. The number of carbonyl (C=O) groups is 3. The van der Waals surface area contributed by atoms with E-state index < -0.39 is 24.5 Å². The number of benzene rings is 2. The van der Waals surface area contributed by atoms with Crippen LogP contribution in [0.1, 0.15) is 45.3 Å². The first-order valence-electron chi connectivity index (χ1n) is 9.86. The van der Waals surface area contributed by atoms with Crippen LogP contribution in [0.25, 0.3) is 5.69 Å². The van der Waals surface area contributed by atoms with Crippen molar-refractivity contribution < 1.29 is 23.9 Å². The van der Waals surface area contributed by atoms with Crippen molar-refractivity contribution in [3.63, 3.8) is 0 Å². The summed E-state index contributed by atoms with van der Waals surface area (Å²) in [7, 11) is 1.30. The highest BCUT2D eigenvalue weighted by Gasteiger charge is 2.29. The SMILES string of the molecule is COC(=O)c1ccc(NC(=O)COC(=O)c2cc(C3CC3)nn2-c2ccccc2)cc1. The molecule has 0 unspecified atom stereocenters. The van der Waals surface area contributed by atoms with E-state index in [0.717, 1.165) is 24.2 Å². The topological polar surface area (TPSA) is 99.5 Å². The number of aromatic nitrogens is 2. The largest absolute Gasteiger partial charge is 0.465 e. The fourth-order valence-electron chi connectivity index (χ4n) is 3.10. The second-order valence-electron chi connectivity index (χ2n) is 7.17. The number of hydrogen-bond donors (Lipinski definition) is 1.